The number of likely N-dealkylation sites (N-methyl/N-ethyl adjacent to an activating group) is 1. The van der Waals surface area contributed by atoms with Crippen molar-refractivity contribution in [2.45, 2.75) is 33.6 Å². The van der Waals surface area contributed by atoms with Gasteiger partial charge in [-0.3, -0.25) is 0 Å². The zero-order valence-electron chi connectivity index (χ0n) is 12.8. The number of anilines is 1. The van der Waals surface area contributed by atoms with Crippen LogP contribution in [0, 0.1) is 6.92 Å². The first-order chi connectivity index (χ1) is 9.67. The molecule has 1 aromatic carbocycles. The summed E-state index contributed by atoms with van der Waals surface area (Å²) in [5, 5.41) is 2.74. The Balaban J connectivity index is 2.33. The molecule has 1 amide bonds. The molecular formula is C16H26N2O2. The van der Waals surface area contributed by atoms with Crippen LogP contribution in [0.3, 0.4) is 0 Å². The molecule has 4 nitrogen and oxygen atoms in total. The zero-order chi connectivity index (χ0) is 14.8. The van der Waals surface area contributed by atoms with Crippen molar-refractivity contribution < 1.29 is 9.53 Å². The molecule has 0 heterocycles. The Kier molecular flexibility index (Phi) is 7.55. The lowest BCUT2D eigenvalue weighted by molar-refractivity contribution is 0.148. The summed E-state index contributed by atoms with van der Waals surface area (Å²) in [6.45, 7) is 8.96. The average molecular weight is 278 g/mol. The third-order valence-electron chi connectivity index (χ3n) is 3.14. The normalized spacial score (nSPS) is 10.2. The first-order valence-electron chi connectivity index (χ1n) is 7.39. The van der Waals surface area contributed by atoms with Gasteiger partial charge in [-0.15, -0.1) is 0 Å². The van der Waals surface area contributed by atoms with Crippen LogP contribution in [-0.2, 0) is 4.74 Å². The molecular weight excluding hydrogens is 252 g/mol. The summed E-state index contributed by atoms with van der Waals surface area (Å²) in [5.74, 6) is 0. The maximum Gasteiger partial charge on any atom is 0.407 e. The van der Waals surface area contributed by atoms with Crippen LogP contribution in [0.2, 0.25) is 0 Å². The molecule has 0 atom stereocenters. The van der Waals surface area contributed by atoms with Crippen LogP contribution in [0.15, 0.2) is 24.3 Å². The van der Waals surface area contributed by atoms with Crippen LogP contribution < -0.4 is 10.2 Å². The minimum atomic E-state index is -0.321. The van der Waals surface area contributed by atoms with E-state index in [4.69, 9.17) is 4.74 Å². The fourth-order valence-electron chi connectivity index (χ4n) is 1.96. The largest absolute Gasteiger partial charge is 0.448 e. The van der Waals surface area contributed by atoms with Crippen LogP contribution in [-0.4, -0.2) is 32.3 Å². The molecule has 1 aromatic rings. The highest BCUT2D eigenvalue weighted by Gasteiger charge is 2.06. The van der Waals surface area contributed by atoms with Gasteiger partial charge >= 0.3 is 6.09 Å². The number of benzene rings is 1. The number of nitrogens with zero attached hydrogens (tertiary/aromatic N) is 1. The quantitative estimate of drug-likeness (QED) is 0.741. The van der Waals surface area contributed by atoms with E-state index in [1.54, 1.807) is 0 Å². The van der Waals surface area contributed by atoms with Gasteiger partial charge in [-0.05, 0) is 38.0 Å². The Morgan fingerprint density at radius 1 is 1.35 bits per heavy atom. The lowest BCUT2D eigenvalue weighted by Crippen LogP contribution is -2.31. The molecule has 20 heavy (non-hydrogen) atoms. The molecule has 1 N–H and O–H groups in total. The van der Waals surface area contributed by atoms with Gasteiger partial charge in [-0.25, -0.2) is 4.79 Å². The molecule has 0 aromatic heterocycles. The Hall–Kier alpha value is -1.71. The van der Waals surface area contributed by atoms with Gasteiger partial charge in [0.15, 0.2) is 0 Å². The van der Waals surface area contributed by atoms with Crippen molar-refractivity contribution in [3.8, 4) is 0 Å². The molecule has 0 fully saturated rings. The molecule has 1 rings (SSSR count). The lowest BCUT2D eigenvalue weighted by atomic mass is 10.2. The van der Waals surface area contributed by atoms with Crippen molar-refractivity contribution in [1.29, 1.82) is 0 Å². The monoisotopic (exact) mass is 278 g/mol. The van der Waals surface area contributed by atoms with Gasteiger partial charge in [0.1, 0.15) is 6.61 Å². The van der Waals surface area contributed by atoms with E-state index in [2.05, 4.69) is 49.2 Å². The van der Waals surface area contributed by atoms with Crippen LogP contribution in [0.5, 0.6) is 0 Å². The number of nitrogens with one attached hydrogen (secondary N) is 1. The van der Waals surface area contributed by atoms with Crippen molar-refractivity contribution in [3.63, 3.8) is 0 Å². The lowest BCUT2D eigenvalue weighted by Gasteiger charge is -2.23. The van der Waals surface area contributed by atoms with Crippen molar-refractivity contribution in [3.05, 3.63) is 29.8 Å². The van der Waals surface area contributed by atoms with E-state index >= 15 is 0 Å². The van der Waals surface area contributed by atoms with E-state index in [-0.39, 0.29) is 6.09 Å². The highest BCUT2D eigenvalue weighted by atomic mass is 16.5. The number of unbranched alkanes of at least 4 members (excludes halogenated alkanes) is 1. The first kappa shape index (κ1) is 16.3. The van der Waals surface area contributed by atoms with E-state index in [0.717, 1.165) is 19.4 Å². The zero-order valence-corrected chi connectivity index (χ0v) is 12.8. The fourth-order valence-corrected chi connectivity index (χ4v) is 1.96. The van der Waals surface area contributed by atoms with E-state index in [1.165, 1.54) is 11.3 Å². The molecule has 0 saturated carbocycles. The second-order valence-electron chi connectivity index (χ2n) is 4.83. The molecule has 0 unspecified atom stereocenters. The number of ether oxygens (including phenoxy) is 1. The molecule has 0 bridgehead atoms. The van der Waals surface area contributed by atoms with Gasteiger partial charge in [0.2, 0.25) is 0 Å². The van der Waals surface area contributed by atoms with Gasteiger partial charge in [-0.2, -0.15) is 0 Å². The molecule has 112 valence electrons. The summed E-state index contributed by atoms with van der Waals surface area (Å²) in [6.07, 6.45) is 1.73. The molecule has 4 heteroatoms. The standard InChI is InChI=1S/C16H26N2O2/c1-4-6-10-17-16(19)20-12-11-18(5-2)15-9-7-8-14(3)13-15/h7-9,13H,4-6,10-12H2,1-3H3,(H,17,19). The topological polar surface area (TPSA) is 41.6 Å². The number of carbonyl (C=O) groups is 1. The smallest absolute Gasteiger partial charge is 0.407 e. The van der Waals surface area contributed by atoms with Crippen LogP contribution >= 0.6 is 0 Å². The molecule has 0 saturated heterocycles. The number of hydrogen-bond acceptors (Lipinski definition) is 3. The summed E-state index contributed by atoms with van der Waals surface area (Å²) >= 11 is 0. The molecule has 0 aliphatic rings. The van der Waals surface area contributed by atoms with E-state index in [1.807, 2.05) is 6.07 Å². The predicted octanol–water partition coefficient (Wildman–Crippen LogP) is 3.35. The Labute approximate surface area is 122 Å². The summed E-state index contributed by atoms with van der Waals surface area (Å²) in [6, 6.07) is 8.35. The number of hydrogen-bond donors (Lipinski definition) is 1. The molecule has 0 aliphatic carbocycles. The van der Waals surface area contributed by atoms with Crippen molar-refractivity contribution in [2.24, 2.45) is 0 Å². The minimum Gasteiger partial charge on any atom is -0.448 e. The third-order valence-corrected chi connectivity index (χ3v) is 3.14. The van der Waals surface area contributed by atoms with Crippen LogP contribution in [0.4, 0.5) is 10.5 Å². The van der Waals surface area contributed by atoms with Crippen molar-refractivity contribution in [2.75, 3.05) is 31.1 Å². The first-order valence-corrected chi connectivity index (χ1v) is 7.39. The van der Waals surface area contributed by atoms with Gasteiger partial charge in [0, 0.05) is 18.8 Å². The fraction of sp³-hybridized carbons (Fsp3) is 0.562. The van der Waals surface area contributed by atoms with Gasteiger partial charge < -0.3 is 15.0 Å². The predicted molar refractivity (Wildman–Crippen MR) is 83.3 cm³/mol. The molecule has 0 radical (unpaired) electrons. The summed E-state index contributed by atoms with van der Waals surface area (Å²) in [7, 11) is 0. The van der Waals surface area contributed by atoms with Gasteiger partial charge in [-0.1, -0.05) is 25.5 Å². The van der Waals surface area contributed by atoms with Gasteiger partial charge in [0.25, 0.3) is 0 Å². The maximum absolute atomic E-state index is 11.4. The average Bonchev–Trinajstić information content (AvgIpc) is 2.44. The molecule has 0 spiro atoms. The third kappa shape index (κ3) is 5.95. The van der Waals surface area contributed by atoms with Crippen LogP contribution in [0.25, 0.3) is 0 Å². The number of rotatable bonds is 8. The maximum atomic E-state index is 11.4. The number of amides is 1. The second kappa shape index (κ2) is 9.23. The summed E-state index contributed by atoms with van der Waals surface area (Å²) in [5.41, 5.74) is 2.40. The second-order valence-corrected chi connectivity index (χ2v) is 4.83. The molecule has 0 aliphatic heterocycles. The van der Waals surface area contributed by atoms with E-state index in [0.29, 0.717) is 19.7 Å². The van der Waals surface area contributed by atoms with Crippen molar-refractivity contribution >= 4 is 11.8 Å². The number of aryl methyl sites for hydroxylation is 1. The van der Waals surface area contributed by atoms with Gasteiger partial charge in [0.05, 0.1) is 6.54 Å². The number of carbonyl (C=O) groups excluding carboxylic acids is 1. The SMILES string of the molecule is CCCCNC(=O)OCCN(CC)c1cccc(C)c1. The highest BCUT2D eigenvalue weighted by molar-refractivity contribution is 5.67. The Bertz CT molecular complexity index is 407. The van der Waals surface area contributed by atoms with E-state index in [9.17, 15) is 4.79 Å². The number of alkyl carbamates (subject to hydrolysis) is 1. The van der Waals surface area contributed by atoms with Crippen molar-refractivity contribution in [1.82, 2.24) is 5.32 Å². The summed E-state index contributed by atoms with van der Waals surface area (Å²) in [4.78, 5) is 13.6. The van der Waals surface area contributed by atoms with Crippen LogP contribution in [0.1, 0.15) is 32.3 Å². The van der Waals surface area contributed by atoms with E-state index < -0.39 is 0 Å². The minimum absolute atomic E-state index is 0.321. The highest BCUT2D eigenvalue weighted by Crippen LogP contribution is 2.15. The Morgan fingerprint density at radius 2 is 2.15 bits per heavy atom. The Morgan fingerprint density at radius 3 is 2.80 bits per heavy atom. The summed E-state index contributed by atoms with van der Waals surface area (Å²) < 4.78 is 5.18.